The van der Waals surface area contributed by atoms with E-state index in [9.17, 15) is 19.0 Å². The quantitative estimate of drug-likeness (QED) is 0.0195. The van der Waals surface area contributed by atoms with Gasteiger partial charge in [0.1, 0.15) is 19.8 Å². The van der Waals surface area contributed by atoms with E-state index in [-0.39, 0.29) is 32.0 Å². The number of likely N-dealkylation sites (N-methyl/N-ethyl adjacent to an activating group) is 1. The van der Waals surface area contributed by atoms with Crippen molar-refractivity contribution in [1.82, 2.24) is 0 Å². The minimum absolute atomic E-state index is 0.0316. The third-order valence-electron chi connectivity index (χ3n) is 16.6. The van der Waals surface area contributed by atoms with Crippen LogP contribution in [0.2, 0.25) is 0 Å². The molecule has 0 rings (SSSR count). The van der Waals surface area contributed by atoms with E-state index in [2.05, 4.69) is 111 Å². The number of carbonyl (C=O) groups excluding carboxylic acids is 2. The van der Waals surface area contributed by atoms with Crippen molar-refractivity contribution in [2.75, 3.05) is 47.5 Å². The average molecular weight is 1280 g/mol. The second-order valence-corrected chi connectivity index (χ2v) is 28.0. The zero-order chi connectivity index (χ0) is 65.5. The van der Waals surface area contributed by atoms with Crippen molar-refractivity contribution in [1.29, 1.82) is 0 Å². The number of hydrogen-bond donors (Lipinski definition) is 0. The molecule has 0 amide bonds. The number of esters is 2. The third kappa shape index (κ3) is 74.0. The molecule has 0 saturated carbocycles. The minimum atomic E-state index is -4.65. The number of phosphoric acid groups is 1. The molecule has 0 aliphatic carbocycles. The van der Waals surface area contributed by atoms with Gasteiger partial charge in [-0.15, -0.1) is 0 Å². The van der Waals surface area contributed by atoms with Crippen LogP contribution in [-0.2, 0) is 32.7 Å². The van der Waals surface area contributed by atoms with Gasteiger partial charge in [-0.1, -0.05) is 336 Å². The second-order valence-electron chi connectivity index (χ2n) is 26.6. The van der Waals surface area contributed by atoms with E-state index in [0.29, 0.717) is 17.4 Å². The van der Waals surface area contributed by atoms with Crippen molar-refractivity contribution in [3.8, 4) is 0 Å². The largest absolute Gasteiger partial charge is 0.756 e. The van der Waals surface area contributed by atoms with Gasteiger partial charge in [-0.2, -0.15) is 0 Å². The van der Waals surface area contributed by atoms with Crippen LogP contribution in [0.25, 0.3) is 0 Å². The molecular formula is C80H144NO8P. The molecule has 0 heterocycles. The van der Waals surface area contributed by atoms with Gasteiger partial charge in [-0.25, -0.2) is 0 Å². The summed E-state index contributed by atoms with van der Waals surface area (Å²) in [4.78, 5) is 38.1. The van der Waals surface area contributed by atoms with E-state index in [4.69, 9.17) is 18.5 Å². The topological polar surface area (TPSA) is 111 Å². The molecule has 0 aromatic heterocycles. The molecule has 0 aromatic rings. The number of allylic oxidation sites excluding steroid dienone is 16. The Morgan fingerprint density at radius 2 is 0.633 bits per heavy atom. The van der Waals surface area contributed by atoms with Crippen molar-refractivity contribution in [2.24, 2.45) is 0 Å². The van der Waals surface area contributed by atoms with Crippen LogP contribution in [0.4, 0.5) is 0 Å². The zero-order valence-electron chi connectivity index (χ0n) is 59.6. The van der Waals surface area contributed by atoms with Gasteiger partial charge in [0.25, 0.3) is 7.82 Å². The van der Waals surface area contributed by atoms with Gasteiger partial charge in [0.15, 0.2) is 6.10 Å². The van der Waals surface area contributed by atoms with E-state index >= 15 is 0 Å². The standard InChI is InChI=1S/C80H144NO8P/c1-6-8-10-12-14-16-18-20-22-24-26-28-30-32-34-36-38-39-40-41-43-45-47-49-51-53-55-57-59-61-63-65-67-69-71-73-80(83)89-78(77-88-90(84,85)87-75-74-81(3,4)5)76-86-79(82)72-70-68-66-64-62-60-58-56-54-52-50-48-46-44-42-37-35-33-31-29-27-25-23-21-19-17-15-13-11-9-7-2/h8,10,14,16,19-22,25-28,31-34,78H,6-7,9,11-13,15,17-18,23-24,29-30,35-77H2,1-5H3/b10-8-,16-14-,21-19-,22-20-,27-25-,28-26-,33-31-,34-32-. The van der Waals surface area contributed by atoms with Gasteiger partial charge < -0.3 is 27.9 Å². The summed E-state index contributed by atoms with van der Waals surface area (Å²) in [7, 11) is 1.17. The highest BCUT2D eigenvalue weighted by molar-refractivity contribution is 7.45. The molecule has 0 radical (unpaired) electrons. The third-order valence-corrected chi connectivity index (χ3v) is 17.6. The molecule has 522 valence electrons. The minimum Gasteiger partial charge on any atom is -0.756 e. The summed E-state index contributed by atoms with van der Waals surface area (Å²) in [6.45, 7) is 4.16. The SMILES string of the molecule is CC/C=C\C/C=C\C/C=C\C/C=C\C/C=C\CCCCCCCCCCCCCCCCCCCCCC(=O)OC(COC(=O)CCCCCCCCCCCCCCCCCC/C=C\C/C=C\C/C=C\CCCCCCC)COP(=O)([O-])OCC[N+](C)(C)C. The number of ether oxygens (including phenoxy) is 2. The van der Waals surface area contributed by atoms with Crippen LogP contribution in [0.15, 0.2) is 97.2 Å². The molecule has 10 heteroatoms. The molecule has 0 bridgehead atoms. The molecule has 0 aliphatic rings. The lowest BCUT2D eigenvalue weighted by atomic mass is 10.0. The first-order valence-corrected chi connectivity index (χ1v) is 39.4. The van der Waals surface area contributed by atoms with Crippen molar-refractivity contribution in [3.63, 3.8) is 0 Å². The summed E-state index contributed by atoms with van der Waals surface area (Å²) >= 11 is 0. The average Bonchev–Trinajstić information content (AvgIpc) is 3.61. The van der Waals surface area contributed by atoms with Crippen molar-refractivity contribution >= 4 is 19.8 Å². The lowest BCUT2D eigenvalue weighted by molar-refractivity contribution is -0.870. The molecule has 0 spiro atoms. The van der Waals surface area contributed by atoms with Crippen molar-refractivity contribution < 1.29 is 42.1 Å². The van der Waals surface area contributed by atoms with E-state index in [0.717, 1.165) is 83.5 Å². The molecule has 0 N–H and O–H groups in total. The van der Waals surface area contributed by atoms with Crippen LogP contribution in [0.1, 0.15) is 348 Å². The van der Waals surface area contributed by atoms with E-state index < -0.39 is 26.5 Å². The Labute approximate surface area is 557 Å². The Balaban J connectivity index is 3.98. The van der Waals surface area contributed by atoms with Crippen molar-refractivity contribution in [2.45, 2.75) is 354 Å². The Morgan fingerprint density at radius 1 is 0.356 bits per heavy atom. The predicted octanol–water partition coefficient (Wildman–Crippen LogP) is 24.4. The maximum absolute atomic E-state index is 12.9. The van der Waals surface area contributed by atoms with Gasteiger partial charge in [0.2, 0.25) is 0 Å². The number of carbonyl (C=O) groups is 2. The molecule has 9 nitrogen and oxygen atoms in total. The molecule has 2 unspecified atom stereocenters. The van der Waals surface area contributed by atoms with E-state index in [1.54, 1.807) is 0 Å². The lowest BCUT2D eigenvalue weighted by Gasteiger charge is -2.28. The maximum Gasteiger partial charge on any atom is 0.306 e. The molecule has 90 heavy (non-hydrogen) atoms. The fraction of sp³-hybridized carbons (Fsp3) is 0.775. The Kier molecular flexibility index (Phi) is 67.9. The summed E-state index contributed by atoms with van der Waals surface area (Å²) in [5.74, 6) is -0.820. The van der Waals surface area contributed by atoms with Crippen LogP contribution in [0.5, 0.6) is 0 Å². The van der Waals surface area contributed by atoms with Gasteiger partial charge in [0.05, 0.1) is 27.7 Å². The summed E-state index contributed by atoms with van der Waals surface area (Å²) in [5.41, 5.74) is 0. The normalized spacial score (nSPS) is 13.6. The molecule has 0 fully saturated rings. The first-order valence-electron chi connectivity index (χ1n) is 37.9. The van der Waals surface area contributed by atoms with Crippen LogP contribution in [-0.4, -0.2) is 70.0 Å². The highest BCUT2D eigenvalue weighted by Crippen LogP contribution is 2.38. The number of hydrogen-bond acceptors (Lipinski definition) is 8. The highest BCUT2D eigenvalue weighted by Gasteiger charge is 2.22. The van der Waals surface area contributed by atoms with E-state index in [1.165, 1.54) is 231 Å². The zero-order valence-corrected chi connectivity index (χ0v) is 60.5. The molecule has 2 atom stereocenters. The number of nitrogens with zero attached hydrogens (tertiary/aromatic N) is 1. The van der Waals surface area contributed by atoms with Crippen LogP contribution in [0, 0.1) is 0 Å². The van der Waals surface area contributed by atoms with Gasteiger partial charge in [-0.3, -0.25) is 14.2 Å². The summed E-state index contributed by atoms with van der Waals surface area (Å²) < 4.78 is 34.4. The van der Waals surface area contributed by atoms with Gasteiger partial charge in [-0.05, 0) is 96.3 Å². The lowest BCUT2D eigenvalue weighted by Crippen LogP contribution is -2.37. The van der Waals surface area contributed by atoms with Crippen LogP contribution in [0.3, 0.4) is 0 Å². The molecular weight excluding hydrogens is 1130 g/mol. The summed E-state index contributed by atoms with van der Waals surface area (Å²) in [6.07, 6.45) is 97.9. The predicted molar refractivity (Wildman–Crippen MR) is 388 cm³/mol. The van der Waals surface area contributed by atoms with E-state index in [1.807, 2.05) is 21.1 Å². The summed E-state index contributed by atoms with van der Waals surface area (Å²) in [6, 6.07) is 0. The van der Waals surface area contributed by atoms with Crippen LogP contribution < -0.4 is 4.89 Å². The first-order chi connectivity index (χ1) is 44.0. The fourth-order valence-electron chi connectivity index (χ4n) is 10.8. The molecule has 0 saturated heterocycles. The van der Waals surface area contributed by atoms with Gasteiger partial charge >= 0.3 is 11.9 Å². The molecule has 0 aromatic carbocycles. The van der Waals surface area contributed by atoms with Crippen molar-refractivity contribution in [3.05, 3.63) is 97.2 Å². The first kappa shape index (κ1) is 86.9. The monoisotopic (exact) mass is 1280 g/mol. The fourth-order valence-corrected chi connectivity index (χ4v) is 11.5. The number of rotatable bonds is 70. The molecule has 0 aliphatic heterocycles. The number of quaternary nitrogens is 1. The Morgan fingerprint density at radius 3 is 0.944 bits per heavy atom. The maximum atomic E-state index is 12.9. The second kappa shape index (κ2) is 70.3. The Bertz CT molecular complexity index is 1840. The van der Waals surface area contributed by atoms with Crippen LogP contribution >= 0.6 is 7.82 Å². The number of unbranched alkanes of at least 4 members (excludes halogenated alkanes) is 40. The summed E-state index contributed by atoms with van der Waals surface area (Å²) in [5, 5.41) is 0. The smallest absolute Gasteiger partial charge is 0.306 e. The highest BCUT2D eigenvalue weighted by atomic mass is 31.2. The van der Waals surface area contributed by atoms with Gasteiger partial charge in [0, 0.05) is 12.8 Å². The number of phosphoric ester groups is 1. The Hall–Kier alpha value is -3.07.